The summed E-state index contributed by atoms with van der Waals surface area (Å²) in [6, 6.07) is 6.56. The highest BCUT2D eigenvalue weighted by molar-refractivity contribution is 6.22. The highest BCUT2D eigenvalue weighted by Gasteiger charge is 2.37. The van der Waals surface area contributed by atoms with Gasteiger partial charge in [0.2, 0.25) is 11.5 Å². The Hall–Kier alpha value is -13.6. The van der Waals surface area contributed by atoms with E-state index in [4.69, 9.17) is 38.9 Å². The summed E-state index contributed by atoms with van der Waals surface area (Å²) in [5, 5.41) is 57.2. The number of aromatic amines is 1. The molecule has 0 amide bonds. The third-order valence-electron chi connectivity index (χ3n) is 20.1. The summed E-state index contributed by atoms with van der Waals surface area (Å²) in [5.41, 5.74) is 13.3. The molecule has 0 radical (unpaired) electrons. The van der Waals surface area contributed by atoms with E-state index in [9.17, 15) is 68.4 Å². The average molecular weight is 1710 g/mol. The molecule has 30 nitrogen and oxygen atoms in total. The molecule has 3 atom stereocenters. The van der Waals surface area contributed by atoms with Crippen LogP contribution in [-0.4, -0.2) is 150 Å². The summed E-state index contributed by atoms with van der Waals surface area (Å²) < 4.78 is 38.1. The minimum atomic E-state index is -1.69. The van der Waals surface area contributed by atoms with Crippen LogP contribution in [0.3, 0.4) is 0 Å². The van der Waals surface area contributed by atoms with Crippen LogP contribution < -0.4 is 33.5 Å². The number of esters is 5. The van der Waals surface area contributed by atoms with Crippen LogP contribution in [0, 0.1) is 73.1 Å². The molecule has 4 aliphatic carbocycles. The van der Waals surface area contributed by atoms with Crippen molar-refractivity contribution in [3.05, 3.63) is 230 Å². The number of aromatic nitrogens is 8. The fourth-order valence-electron chi connectivity index (χ4n) is 13.9. The lowest BCUT2D eigenvalue weighted by molar-refractivity contribution is -0.137. The van der Waals surface area contributed by atoms with E-state index in [1.807, 2.05) is 20.8 Å². The third-order valence-corrected chi connectivity index (χ3v) is 20.1. The van der Waals surface area contributed by atoms with Crippen molar-refractivity contribution in [2.45, 2.75) is 172 Å². The van der Waals surface area contributed by atoms with Crippen molar-refractivity contribution < 1.29 is 77.6 Å². The van der Waals surface area contributed by atoms with Crippen molar-refractivity contribution in [2.24, 2.45) is 41.0 Å². The number of allylic oxidation sites excluding steroid dienone is 4. The topological polar surface area (TPSA) is 423 Å². The molecule has 8 aromatic rings. The minimum absolute atomic E-state index is 0.0312. The van der Waals surface area contributed by atoms with E-state index in [0.717, 1.165) is 22.3 Å². The Morgan fingerprint density at radius 1 is 0.472 bits per heavy atom. The van der Waals surface area contributed by atoms with Gasteiger partial charge in [-0.1, -0.05) is 94.5 Å². The standard InChI is InChI=1S/C20H21N3O5.C20H18N2O4.C19H23NO4.C18H22N2O3.C18H21NO5/c1-6-27-18(25)15-11(2)9-14-16(15)13(10-23(5)17(14)24)7-8-20(4,26)19-22-21-12(3)28-19;1-4-26-20(25)16-12(2)21-18-17(16)14(11-22(3)19(18)24)9-8-13-6-5-7-15(23)10-13;1-6-19(4,23)9-8-13-11-20(5)17(21)14-10-12(3)15(16(13)14)18(22)24-7-2;1-6-23-17(22)14-11(2)9-13-15(14)12(7-8-18(3,4)19)10-20(5)16(13)21;1-5-24-17(22)14-11(2)8-13-15(14)12(9-19(4)16(13)21)6-7-18(3,23)10-20/h10,26H,6,9H2,1-5H3;5-7,10-11,21,23H,4H2,1-3H3;11,23H,6-7,10H2,1-5H3;10H,6,9,19H2,1-5H3;9,20,23H,5,8,10H2,1-4H3/t20-;;;;/m1..../s1. The molecular weight excluding hydrogens is 1600 g/mol. The third kappa shape index (κ3) is 22.2. The van der Waals surface area contributed by atoms with Crippen LogP contribution in [0.2, 0.25) is 0 Å². The highest BCUT2D eigenvalue weighted by Crippen LogP contribution is 2.39. The molecule has 4 aliphatic rings. The lowest BCUT2D eigenvalue weighted by atomic mass is 9.99. The molecule has 0 saturated heterocycles. The molecular formula is C95H105N9O21. The molecule has 8 N–H and O–H groups in total. The Morgan fingerprint density at radius 2 is 0.816 bits per heavy atom. The molecule has 0 fully saturated rings. The molecule has 12 rings (SSSR count). The second-order valence-corrected chi connectivity index (χ2v) is 31.3. The molecule has 7 heterocycles. The van der Waals surface area contributed by atoms with Gasteiger partial charge in [0.05, 0.1) is 78.6 Å². The van der Waals surface area contributed by atoms with Crippen molar-refractivity contribution >= 4 is 63.0 Å². The number of H-pyrrole nitrogens is 1. The van der Waals surface area contributed by atoms with Crippen molar-refractivity contribution in [3.63, 3.8) is 0 Å². The van der Waals surface area contributed by atoms with Crippen molar-refractivity contribution in [2.75, 3.05) is 39.6 Å². The van der Waals surface area contributed by atoms with Crippen LogP contribution in [0.4, 0.5) is 0 Å². The molecule has 0 saturated carbocycles. The first-order valence-electron chi connectivity index (χ1n) is 40.2. The number of benzene rings is 1. The number of aromatic hydroxyl groups is 1. The van der Waals surface area contributed by atoms with E-state index in [2.05, 4.69) is 74.4 Å². The van der Waals surface area contributed by atoms with E-state index >= 15 is 0 Å². The van der Waals surface area contributed by atoms with Gasteiger partial charge in [0.15, 0.2) is 0 Å². The van der Waals surface area contributed by atoms with Crippen LogP contribution in [0.5, 0.6) is 5.75 Å². The zero-order chi connectivity index (χ0) is 93.0. The lowest BCUT2D eigenvalue weighted by Gasteiger charge is -2.13. The number of aryl methyl sites for hydroxylation is 7. The van der Waals surface area contributed by atoms with E-state index < -0.39 is 58.8 Å². The molecule has 0 aliphatic heterocycles. The van der Waals surface area contributed by atoms with Gasteiger partial charge in [-0.3, -0.25) is 24.0 Å². The summed E-state index contributed by atoms with van der Waals surface area (Å²) in [6.45, 7) is 29.9. The molecule has 30 heteroatoms. The van der Waals surface area contributed by atoms with Crippen LogP contribution in [0.1, 0.15) is 216 Å². The van der Waals surface area contributed by atoms with E-state index in [-0.39, 0.29) is 72.5 Å². The van der Waals surface area contributed by atoms with Gasteiger partial charge in [-0.15, -0.1) is 10.2 Å². The smallest absolute Gasteiger partial charge is 0.340 e. The number of hydrogen-bond acceptors (Lipinski definition) is 24. The normalized spacial score (nSPS) is 13.9. The second kappa shape index (κ2) is 40.1. The Balaban J connectivity index is 0.000000194. The number of fused-ring (bicyclic) bond motifs is 5. The number of nitrogens with zero attached hydrogens (tertiary/aromatic N) is 7. The van der Waals surface area contributed by atoms with E-state index in [0.29, 0.717) is 160 Å². The maximum absolute atomic E-state index is 12.6. The van der Waals surface area contributed by atoms with Gasteiger partial charge < -0.3 is 87.2 Å². The summed E-state index contributed by atoms with van der Waals surface area (Å²) in [5.74, 6) is 26.7. The van der Waals surface area contributed by atoms with Gasteiger partial charge in [0, 0.05) is 182 Å². The number of hydrogen-bond donors (Lipinski definition) is 7. The number of ether oxygens (including phenoxy) is 5. The number of rotatable bonds is 13. The van der Waals surface area contributed by atoms with Gasteiger partial charge in [-0.05, 0) is 128 Å². The Labute approximate surface area is 723 Å². The first kappa shape index (κ1) is 96.8. The van der Waals surface area contributed by atoms with Crippen LogP contribution in [-0.2, 0) is 109 Å². The van der Waals surface area contributed by atoms with Crippen LogP contribution in [0.25, 0.3) is 33.2 Å². The highest BCUT2D eigenvalue weighted by atomic mass is 16.5. The number of aliphatic hydroxyl groups is 4. The number of pyridine rings is 5. The van der Waals surface area contributed by atoms with E-state index in [1.165, 1.54) is 42.9 Å². The zero-order valence-corrected chi connectivity index (χ0v) is 74.5. The first-order chi connectivity index (χ1) is 58.6. The minimum Gasteiger partial charge on any atom is -0.508 e. The number of phenols is 1. The van der Waals surface area contributed by atoms with Gasteiger partial charge in [0.1, 0.15) is 22.5 Å². The number of carbonyl (C=O) groups excluding carboxylic acids is 5. The number of carbonyl (C=O) groups is 5. The molecule has 656 valence electrons. The first-order valence-corrected chi connectivity index (χ1v) is 40.2. The fourth-order valence-corrected chi connectivity index (χ4v) is 13.9. The van der Waals surface area contributed by atoms with Crippen molar-refractivity contribution in [1.82, 2.24) is 38.0 Å². The SMILES string of the molecule is CCOC(=O)C1=C(C)Cc2c1c(C#CC(C)(C)N)cn(C)c2=O.CCOC(=O)C1=C(C)Cc2c1c(C#CC(C)(O)CC)cn(C)c2=O.CCOC(=O)C1=C(C)Cc2c1c(C#CC(C)(O)CO)cn(C)c2=O.CCOC(=O)C1=C(C)Cc2c1c(C#C[C@@](C)(O)c1nnc(C)o1)cn(C)c2=O.CCOC(=O)c1c(C)[nH]c2c(=O)n(C)cc(C#Cc3cccc(O)c3)c12. The zero-order valence-electron chi connectivity index (χ0n) is 74.5. The number of phenolic OH excluding ortho intramolecular Hbond substituents is 1. The number of aliphatic hydroxyl groups excluding tert-OH is 1. The summed E-state index contributed by atoms with van der Waals surface area (Å²) >= 11 is 0. The molecule has 1 aromatic carbocycles. The molecule has 7 aromatic heterocycles. The molecule has 125 heavy (non-hydrogen) atoms. The van der Waals surface area contributed by atoms with Crippen molar-refractivity contribution in [1.29, 1.82) is 0 Å². The second-order valence-electron chi connectivity index (χ2n) is 31.3. The number of nitrogens with one attached hydrogen (secondary N) is 1. The van der Waals surface area contributed by atoms with Crippen molar-refractivity contribution in [3.8, 4) is 65.0 Å². The predicted molar refractivity (Wildman–Crippen MR) is 470 cm³/mol. The predicted octanol–water partition coefficient (Wildman–Crippen LogP) is 7.22. The molecule has 0 bridgehead atoms. The summed E-state index contributed by atoms with van der Waals surface area (Å²) in [7, 11) is 8.19. The Bertz CT molecular complexity index is 6380. The van der Waals surface area contributed by atoms with Gasteiger partial charge in [-0.25, -0.2) is 24.0 Å². The van der Waals surface area contributed by atoms with Gasteiger partial charge in [-0.2, -0.15) is 0 Å². The van der Waals surface area contributed by atoms with Gasteiger partial charge >= 0.3 is 29.8 Å². The monoisotopic (exact) mass is 1710 g/mol. The van der Waals surface area contributed by atoms with E-state index in [1.54, 1.807) is 167 Å². The maximum atomic E-state index is 12.6. The Morgan fingerprint density at radius 3 is 1.15 bits per heavy atom. The van der Waals surface area contributed by atoms with Crippen LogP contribution in [0.15, 0.2) is 106 Å². The summed E-state index contributed by atoms with van der Waals surface area (Å²) in [6.07, 6.45) is 9.97. The lowest BCUT2D eigenvalue weighted by Crippen LogP contribution is -2.29. The largest absolute Gasteiger partial charge is 0.508 e. The molecule has 0 spiro atoms. The maximum Gasteiger partial charge on any atom is 0.340 e. The van der Waals surface area contributed by atoms with Gasteiger partial charge in [0.25, 0.3) is 33.7 Å². The molecule has 2 unspecified atom stereocenters. The average Bonchev–Trinajstić information content (AvgIpc) is 1.73. The quantitative estimate of drug-likeness (QED) is 0.0340. The number of nitrogens with two attached hydrogens (primary N) is 1. The fraction of sp³-hybridized carbons (Fsp3) is 0.389. The Kier molecular flexibility index (Phi) is 31.1. The van der Waals surface area contributed by atoms with Crippen LogP contribution >= 0.6 is 0 Å². The summed E-state index contributed by atoms with van der Waals surface area (Å²) in [4.78, 5) is 127.